The topological polar surface area (TPSA) is 73.3 Å². The average Bonchev–Trinajstić information content (AvgIpc) is 2.68. The molecule has 0 atom stereocenters. The van der Waals surface area contributed by atoms with Gasteiger partial charge in [0.2, 0.25) is 5.95 Å². The zero-order valence-corrected chi connectivity index (χ0v) is 15.4. The molecule has 0 saturated carbocycles. The molecule has 0 amide bonds. The Labute approximate surface area is 164 Å². The Balaban J connectivity index is 1.85. The SMILES string of the molecule is COC(=O)c1ccc(Nc2ncc(C)c(-c3cccc(OC(F)(F)F)c3)n2)cc1. The molecule has 1 N–H and O–H groups in total. The minimum atomic E-state index is -4.78. The zero-order chi connectivity index (χ0) is 21.0. The highest BCUT2D eigenvalue weighted by Gasteiger charge is 2.31. The molecule has 1 aromatic heterocycles. The number of esters is 1. The Morgan fingerprint density at radius 2 is 1.83 bits per heavy atom. The first-order valence-corrected chi connectivity index (χ1v) is 8.40. The van der Waals surface area contributed by atoms with E-state index in [4.69, 9.17) is 0 Å². The highest BCUT2D eigenvalue weighted by Crippen LogP contribution is 2.29. The summed E-state index contributed by atoms with van der Waals surface area (Å²) in [7, 11) is 1.30. The third-order valence-corrected chi connectivity index (χ3v) is 3.87. The molecular formula is C20H16F3N3O3. The highest BCUT2D eigenvalue weighted by molar-refractivity contribution is 5.89. The van der Waals surface area contributed by atoms with E-state index in [1.54, 1.807) is 43.5 Å². The number of alkyl halides is 3. The summed E-state index contributed by atoms with van der Waals surface area (Å²) < 4.78 is 46.0. The number of halogens is 3. The Kier molecular flexibility index (Phi) is 5.67. The minimum absolute atomic E-state index is 0.249. The number of benzene rings is 2. The lowest BCUT2D eigenvalue weighted by Crippen LogP contribution is -2.17. The van der Waals surface area contributed by atoms with Crippen LogP contribution in [0.3, 0.4) is 0 Å². The van der Waals surface area contributed by atoms with Gasteiger partial charge in [-0.2, -0.15) is 0 Å². The van der Waals surface area contributed by atoms with Crippen LogP contribution in [-0.2, 0) is 4.74 Å². The standard InChI is InChI=1S/C20H16F3N3O3/c1-12-11-24-19(25-15-8-6-13(7-9-15)18(27)28-2)26-17(12)14-4-3-5-16(10-14)29-20(21,22)23/h3-11H,1-2H3,(H,24,25,26). The summed E-state index contributed by atoms with van der Waals surface area (Å²) in [6.07, 6.45) is -3.22. The third kappa shape index (κ3) is 5.22. The molecule has 29 heavy (non-hydrogen) atoms. The minimum Gasteiger partial charge on any atom is -0.465 e. The van der Waals surface area contributed by atoms with E-state index in [1.807, 2.05) is 0 Å². The molecule has 0 aliphatic rings. The van der Waals surface area contributed by atoms with Crippen LogP contribution in [0, 0.1) is 6.92 Å². The van der Waals surface area contributed by atoms with E-state index in [0.717, 1.165) is 0 Å². The second kappa shape index (κ2) is 8.17. The third-order valence-electron chi connectivity index (χ3n) is 3.87. The van der Waals surface area contributed by atoms with Crippen molar-refractivity contribution in [2.24, 2.45) is 0 Å². The smallest absolute Gasteiger partial charge is 0.465 e. The maximum absolute atomic E-state index is 12.5. The first kappa shape index (κ1) is 20.1. The maximum Gasteiger partial charge on any atom is 0.573 e. The number of anilines is 2. The van der Waals surface area contributed by atoms with Crippen molar-refractivity contribution in [3.63, 3.8) is 0 Å². The largest absolute Gasteiger partial charge is 0.573 e. The van der Waals surface area contributed by atoms with Gasteiger partial charge in [0.25, 0.3) is 0 Å². The number of aryl methyl sites for hydroxylation is 1. The van der Waals surface area contributed by atoms with E-state index in [1.165, 1.54) is 25.3 Å². The molecule has 0 fully saturated rings. The number of nitrogens with one attached hydrogen (secondary N) is 1. The van der Waals surface area contributed by atoms with Crippen molar-refractivity contribution in [1.29, 1.82) is 0 Å². The molecule has 0 unspecified atom stereocenters. The molecule has 2 aromatic carbocycles. The predicted molar refractivity (Wildman–Crippen MR) is 100.0 cm³/mol. The second-order valence-corrected chi connectivity index (χ2v) is 5.99. The summed E-state index contributed by atoms with van der Waals surface area (Å²) in [6.45, 7) is 1.75. The fraction of sp³-hybridized carbons (Fsp3) is 0.150. The zero-order valence-electron chi connectivity index (χ0n) is 15.4. The van der Waals surface area contributed by atoms with Crippen molar-refractivity contribution in [2.75, 3.05) is 12.4 Å². The van der Waals surface area contributed by atoms with E-state index in [0.29, 0.717) is 28.1 Å². The molecule has 0 aliphatic carbocycles. The fourth-order valence-electron chi connectivity index (χ4n) is 2.57. The van der Waals surface area contributed by atoms with Crippen LogP contribution < -0.4 is 10.1 Å². The van der Waals surface area contributed by atoms with Gasteiger partial charge >= 0.3 is 12.3 Å². The molecule has 3 aromatic rings. The lowest BCUT2D eigenvalue weighted by atomic mass is 10.1. The molecule has 150 valence electrons. The van der Waals surface area contributed by atoms with Crippen molar-refractivity contribution in [2.45, 2.75) is 13.3 Å². The summed E-state index contributed by atoms with van der Waals surface area (Å²) in [4.78, 5) is 20.1. The molecule has 6 nitrogen and oxygen atoms in total. The number of hydrogen-bond acceptors (Lipinski definition) is 6. The number of methoxy groups -OCH3 is 1. The van der Waals surface area contributed by atoms with Crippen LogP contribution in [-0.4, -0.2) is 29.4 Å². The van der Waals surface area contributed by atoms with Crippen LogP contribution in [0.5, 0.6) is 5.75 Å². The Morgan fingerprint density at radius 3 is 2.48 bits per heavy atom. The van der Waals surface area contributed by atoms with Gasteiger partial charge in [0.1, 0.15) is 5.75 Å². The normalized spacial score (nSPS) is 11.1. The van der Waals surface area contributed by atoms with Gasteiger partial charge in [-0.1, -0.05) is 12.1 Å². The number of carbonyl (C=O) groups excluding carboxylic acids is 1. The first-order valence-electron chi connectivity index (χ1n) is 8.40. The monoisotopic (exact) mass is 403 g/mol. The van der Waals surface area contributed by atoms with E-state index in [9.17, 15) is 18.0 Å². The Bertz CT molecular complexity index is 1020. The average molecular weight is 403 g/mol. The number of ether oxygens (including phenoxy) is 2. The van der Waals surface area contributed by atoms with Crippen LogP contribution in [0.25, 0.3) is 11.3 Å². The molecule has 0 radical (unpaired) electrons. The van der Waals surface area contributed by atoms with Gasteiger partial charge in [0, 0.05) is 17.4 Å². The summed E-state index contributed by atoms with van der Waals surface area (Å²) >= 11 is 0. The van der Waals surface area contributed by atoms with Crippen molar-refractivity contribution < 1.29 is 27.4 Å². The molecule has 1 heterocycles. The van der Waals surface area contributed by atoms with Gasteiger partial charge in [-0.15, -0.1) is 13.2 Å². The van der Waals surface area contributed by atoms with Gasteiger partial charge in [-0.3, -0.25) is 0 Å². The first-order chi connectivity index (χ1) is 13.7. The summed E-state index contributed by atoms with van der Waals surface area (Å²) in [5, 5.41) is 2.99. The number of rotatable bonds is 5. The van der Waals surface area contributed by atoms with Crippen LogP contribution in [0.2, 0.25) is 0 Å². The maximum atomic E-state index is 12.5. The van der Waals surface area contributed by atoms with Crippen LogP contribution in [0.4, 0.5) is 24.8 Å². The molecule has 0 aliphatic heterocycles. The number of nitrogens with zero attached hydrogens (tertiary/aromatic N) is 2. The summed E-state index contributed by atoms with van der Waals surface area (Å²) in [5.41, 5.74) is 2.62. The summed E-state index contributed by atoms with van der Waals surface area (Å²) in [6, 6.07) is 12.1. The van der Waals surface area contributed by atoms with Crippen molar-refractivity contribution in [3.05, 3.63) is 65.9 Å². The van der Waals surface area contributed by atoms with Gasteiger partial charge in [-0.25, -0.2) is 14.8 Å². The molecule has 0 bridgehead atoms. The lowest BCUT2D eigenvalue weighted by molar-refractivity contribution is -0.274. The second-order valence-electron chi connectivity index (χ2n) is 5.99. The number of carbonyl (C=O) groups is 1. The molecule has 0 saturated heterocycles. The summed E-state index contributed by atoms with van der Waals surface area (Å²) in [5.74, 6) is -0.536. The van der Waals surface area contributed by atoms with Crippen molar-refractivity contribution in [3.8, 4) is 17.0 Å². The molecule has 9 heteroatoms. The molecular weight excluding hydrogens is 387 g/mol. The van der Waals surface area contributed by atoms with E-state index < -0.39 is 12.3 Å². The van der Waals surface area contributed by atoms with E-state index >= 15 is 0 Å². The Morgan fingerprint density at radius 1 is 1.10 bits per heavy atom. The van der Waals surface area contributed by atoms with Gasteiger partial charge < -0.3 is 14.8 Å². The van der Waals surface area contributed by atoms with E-state index in [2.05, 4.69) is 24.8 Å². The lowest BCUT2D eigenvalue weighted by Gasteiger charge is -2.12. The van der Waals surface area contributed by atoms with Gasteiger partial charge in [-0.05, 0) is 48.9 Å². The van der Waals surface area contributed by atoms with Crippen LogP contribution >= 0.6 is 0 Å². The van der Waals surface area contributed by atoms with Gasteiger partial charge in [0.05, 0.1) is 18.4 Å². The Hall–Kier alpha value is -3.62. The highest BCUT2D eigenvalue weighted by atomic mass is 19.4. The number of hydrogen-bond donors (Lipinski definition) is 1. The van der Waals surface area contributed by atoms with Crippen molar-refractivity contribution in [1.82, 2.24) is 9.97 Å². The van der Waals surface area contributed by atoms with Crippen molar-refractivity contribution >= 4 is 17.6 Å². The van der Waals surface area contributed by atoms with Crippen LogP contribution in [0.15, 0.2) is 54.7 Å². The van der Waals surface area contributed by atoms with Crippen LogP contribution in [0.1, 0.15) is 15.9 Å². The van der Waals surface area contributed by atoms with Gasteiger partial charge in [0.15, 0.2) is 0 Å². The van der Waals surface area contributed by atoms with E-state index in [-0.39, 0.29) is 11.7 Å². The fourth-order valence-corrected chi connectivity index (χ4v) is 2.57. The quantitative estimate of drug-likeness (QED) is 0.612. The molecule has 0 spiro atoms. The predicted octanol–water partition coefficient (Wildman–Crippen LogP) is 4.88. The molecule has 3 rings (SSSR count). The number of aromatic nitrogens is 2.